The SMILES string of the molecule is CCCc1c(-c2ccc(C(=O)OC)cc2)c(C(N)=O)c(C)n1CCc1ccc(OC)c(OC)c1. The Labute approximate surface area is 200 Å². The quantitative estimate of drug-likeness (QED) is 0.444. The number of aryl methyl sites for hydroxylation is 1. The van der Waals surface area contributed by atoms with Crippen LogP contribution in [0.2, 0.25) is 0 Å². The second-order valence-electron chi connectivity index (χ2n) is 8.06. The molecule has 0 bridgehead atoms. The molecule has 0 aliphatic carbocycles. The molecule has 2 aromatic carbocycles. The third-order valence-electron chi connectivity index (χ3n) is 6.03. The van der Waals surface area contributed by atoms with Crippen LogP contribution in [-0.2, 0) is 24.1 Å². The van der Waals surface area contributed by atoms with Crippen LogP contribution in [-0.4, -0.2) is 37.8 Å². The van der Waals surface area contributed by atoms with Gasteiger partial charge in [-0.25, -0.2) is 4.79 Å². The zero-order chi connectivity index (χ0) is 24.8. The summed E-state index contributed by atoms with van der Waals surface area (Å²) in [6.45, 7) is 4.71. The van der Waals surface area contributed by atoms with E-state index in [9.17, 15) is 9.59 Å². The van der Waals surface area contributed by atoms with Crippen LogP contribution in [0.5, 0.6) is 11.5 Å². The molecule has 0 aliphatic heterocycles. The molecule has 3 rings (SSSR count). The number of carbonyl (C=O) groups is 2. The highest BCUT2D eigenvalue weighted by molar-refractivity contribution is 6.02. The fourth-order valence-corrected chi connectivity index (χ4v) is 4.38. The van der Waals surface area contributed by atoms with Crippen molar-refractivity contribution >= 4 is 11.9 Å². The highest BCUT2D eigenvalue weighted by atomic mass is 16.5. The van der Waals surface area contributed by atoms with E-state index in [0.29, 0.717) is 29.2 Å². The highest BCUT2D eigenvalue weighted by Gasteiger charge is 2.24. The largest absolute Gasteiger partial charge is 0.493 e. The smallest absolute Gasteiger partial charge is 0.337 e. The molecule has 7 nitrogen and oxygen atoms in total. The molecule has 0 aliphatic rings. The lowest BCUT2D eigenvalue weighted by atomic mass is 9.97. The van der Waals surface area contributed by atoms with Crippen molar-refractivity contribution in [2.45, 2.75) is 39.7 Å². The fourth-order valence-electron chi connectivity index (χ4n) is 4.38. The Kier molecular flexibility index (Phi) is 7.99. The first-order valence-corrected chi connectivity index (χ1v) is 11.3. The number of carbonyl (C=O) groups excluding carboxylic acids is 2. The summed E-state index contributed by atoms with van der Waals surface area (Å²) in [5.74, 6) is 0.497. The van der Waals surface area contributed by atoms with E-state index in [1.54, 1.807) is 26.4 Å². The lowest BCUT2D eigenvalue weighted by Crippen LogP contribution is -2.14. The van der Waals surface area contributed by atoms with Crippen molar-refractivity contribution in [3.63, 3.8) is 0 Å². The second kappa shape index (κ2) is 10.9. The van der Waals surface area contributed by atoms with E-state index in [4.69, 9.17) is 19.9 Å². The molecule has 180 valence electrons. The topological polar surface area (TPSA) is 92.8 Å². The van der Waals surface area contributed by atoms with Gasteiger partial charge in [-0.05, 0) is 55.2 Å². The van der Waals surface area contributed by atoms with E-state index in [-0.39, 0.29) is 0 Å². The number of amides is 1. The van der Waals surface area contributed by atoms with Gasteiger partial charge in [-0.2, -0.15) is 0 Å². The van der Waals surface area contributed by atoms with Crippen LogP contribution in [0.15, 0.2) is 42.5 Å². The van der Waals surface area contributed by atoms with Crippen molar-refractivity contribution in [1.82, 2.24) is 4.57 Å². The predicted octanol–water partition coefficient (Wildman–Crippen LogP) is 4.56. The van der Waals surface area contributed by atoms with E-state index in [1.165, 1.54) is 7.11 Å². The molecule has 0 saturated carbocycles. The first kappa shape index (κ1) is 24.9. The van der Waals surface area contributed by atoms with Crippen molar-refractivity contribution < 1.29 is 23.8 Å². The number of aromatic nitrogens is 1. The van der Waals surface area contributed by atoms with Gasteiger partial charge >= 0.3 is 5.97 Å². The number of nitrogens with two attached hydrogens (primary N) is 1. The zero-order valence-electron chi connectivity index (χ0n) is 20.4. The second-order valence-corrected chi connectivity index (χ2v) is 8.06. The Morgan fingerprint density at radius 3 is 2.18 bits per heavy atom. The van der Waals surface area contributed by atoms with Crippen LogP contribution in [0.1, 0.15) is 51.0 Å². The molecule has 0 saturated heterocycles. The monoisotopic (exact) mass is 464 g/mol. The molecule has 0 spiro atoms. The lowest BCUT2D eigenvalue weighted by molar-refractivity contribution is 0.0600. The van der Waals surface area contributed by atoms with E-state index in [0.717, 1.165) is 47.3 Å². The van der Waals surface area contributed by atoms with Crippen LogP contribution in [0, 0.1) is 6.92 Å². The van der Waals surface area contributed by atoms with Gasteiger partial charge in [0.05, 0.1) is 32.5 Å². The molecule has 1 aromatic heterocycles. The molecular weight excluding hydrogens is 432 g/mol. The van der Waals surface area contributed by atoms with E-state index < -0.39 is 11.9 Å². The minimum atomic E-state index is -0.466. The maximum Gasteiger partial charge on any atom is 0.337 e. The number of nitrogens with zero attached hydrogens (tertiary/aromatic N) is 1. The third-order valence-corrected chi connectivity index (χ3v) is 6.03. The molecule has 0 fully saturated rings. The number of methoxy groups -OCH3 is 3. The van der Waals surface area contributed by atoms with Crippen molar-refractivity contribution in [2.24, 2.45) is 5.73 Å². The Hall–Kier alpha value is -3.74. The summed E-state index contributed by atoms with van der Waals surface area (Å²) in [6, 6.07) is 13.0. The van der Waals surface area contributed by atoms with Crippen LogP contribution >= 0.6 is 0 Å². The number of ether oxygens (including phenoxy) is 3. The van der Waals surface area contributed by atoms with Gasteiger partial charge in [-0.15, -0.1) is 0 Å². The molecule has 2 N–H and O–H groups in total. The van der Waals surface area contributed by atoms with Gasteiger partial charge in [0.1, 0.15) is 0 Å². The number of benzene rings is 2. The summed E-state index contributed by atoms with van der Waals surface area (Å²) in [6.07, 6.45) is 2.44. The van der Waals surface area contributed by atoms with Crippen LogP contribution in [0.4, 0.5) is 0 Å². The number of hydrogen-bond acceptors (Lipinski definition) is 5. The van der Waals surface area contributed by atoms with E-state index in [1.807, 2.05) is 37.3 Å². The number of esters is 1. The average Bonchev–Trinajstić information content (AvgIpc) is 3.13. The van der Waals surface area contributed by atoms with Crippen molar-refractivity contribution in [3.8, 4) is 22.6 Å². The molecule has 0 unspecified atom stereocenters. The Morgan fingerprint density at radius 2 is 1.62 bits per heavy atom. The first-order valence-electron chi connectivity index (χ1n) is 11.3. The fraction of sp³-hybridized carbons (Fsp3) is 0.333. The van der Waals surface area contributed by atoms with Gasteiger partial charge in [0.15, 0.2) is 11.5 Å². The number of hydrogen-bond donors (Lipinski definition) is 1. The van der Waals surface area contributed by atoms with Crippen LogP contribution in [0.3, 0.4) is 0 Å². The Balaban J connectivity index is 2.05. The summed E-state index contributed by atoms with van der Waals surface area (Å²) in [5.41, 5.74) is 11.5. The molecule has 3 aromatic rings. The van der Waals surface area contributed by atoms with E-state index in [2.05, 4.69) is 11.5 Å². The van der Waals surface area contributed by atoms with Gasteiger partial charge in [-0.3, -0.25) is 4.79 Å². The molecular formula is C27H32N2O5. The predicted molar refractivity (Wildman–Crippen MR) is 132 cm³/mol. The molecule has 34 heavy (non-hydrogen) atoms. The molecule has 7 heteroatoms. The summed E-state index contributed by atoms with van der Waals surface area (Å²) in [4.78, 5) is 24.4. The molecule has 0 atom stereocenters. The zero-order valence-corrected chi connectivity index (χ0v) is 20.4. The Morgan fingerprint density at radius 1 is 0.941 bits per heavy atom. The Bertz CT molecular complexity index is 1180. The minimum Gasteiger partial charge on any atom is -0.493 e. The third kappa shape index (κ3) is 4.93. The van der Waals surface area contributed by atoms with Crippen LogP contribution in [0.25, 0.3) is 11.1 Å². The molecule has 1 heterocycles. The van der Waals surface area contributed by atoms with Crippen LogP contribution < -0.4 is 15.2 Å². The molecule has 0 radical (unpaired) electrons. The summed E-state index contributed by atoms with van der Waals surface area (Å²) >= 11 is 0. The normalized spacial score (nSPS) is 10.7. The van der Waals surface area contributed by atoms with Gasteiger partial charge in [0.2, 0.25) is 0 Å². The summed E-state index contributed by atoms with van der Waals surface area (Å²) in [5, 5.41) is 0. The summed E-state index contributed by atoms with van der Waals surface area (Å²) < 4.78 is 17.8. The standard InChI is InChI=1S/C27H32N2O5/c1-6-7-21-25(19-9-11-20(12-10-19)27(31)34-5)24(26(28)30)17(2)29(21)15-14-18-8-13-22(32-3)23(16-18)33-4/h8-13,16H,6-7,14-15H2,1-5H3,(H2,28,30). The lowest BCUT2D eigenvalue weighted by Gasteiger charge is -2.14. The van der Waals surface area contributed by atoms with Crippen molar-refractivity contribution in [1.29, 1.82) is 0 Å². The van der Waals surface area contributed by atoms with Gasteiger partial charge in [0, 0.05) is 23.5 Å². The van der Waals surface area contributed by atoms with E-state index >= 15 is 0 Å². The number of primary amides is 1. The van der Waals surface area contributed by atoms with Crippen molar-refractivity contribution in [3.05, 3.63) is 70.5 Å². The van der Waals surface area contributed by atoms with Gasteiger partial charge in [-0.1, -0.05) is 31.5 Å². The maximum atomic E-state index is 12.5. The molecule has 1 amide bonds. The first-order chi connectivity index (χ1) is 16.4. The maximum absolute atomic E-state index is 12.5. The number of rotatable bonds is 10. The highest BCUT2D eigenvalue weighted by Crippen LogP contribution is 2.35. The minimum absolute atomic E-state index is 0.404. The summed E-state index contributed by atoms with van der Waals surface area (Å²) in [7, 11) is 4.58. The van der Waals surface area contributed by atoms with Crippen molar-refractivity contribution in [2.75, 3.05) is 21.3 Å². The van der Waals surface area contributed by atoms with Gasteiger partial charge < -0.3 is 24.5 Å². The average molecular weight is 465 g/mol. The van der Waals surface area contributed by atoms with Gasteiger partial charge in [0.25, 0.3) is 5.91 Å².